The molecule has 0 fully saturated rings. The molecule has 0 radical (unpaired) electrons. The summed E-state index contributed by atoms with van der Waals surface area (Å²) in [6.07, 6.45) is -0.872. The molecule has 0 saturated carbocycles. The van der Waals surface area contributed by atoms with Gasteiger partial charge in [0.2, 0.25) is 0 Å². The highest BCUT2D eigenvalue weighted by Gasteiger charge is 2.12. The van der Waals surface area contributed by atoms with Gasteiger partial charge in [-0.1, -0.05) is 23.7 Å². The van der Waals surface area contributed by atoms with Crippen molar-refractivity contribution in [2.45, 2.75) is 19.6 Å². The Labute approximate surface area is 120 Å². The summed E-state index contributed by atoms with van der Waals surface area (Å²) in [5.41, 5.74) is 0.810. The molecule has 20 heavy (non-hydrogen) atoms. The molecule has 2 aromatic carbocycles. The molecule has 0 amide bonds. The van der Waals surface area contributed by atoms with Crippen molar-refractivity contribution in [3.8, 4) is 5.75 Å². The van der Waals surface area contributed by atoms with Gasteiger partial charge >= 0.3 is 0 Å². The number of hydrogen-bond acceptors (Lipinski definition) is 2. The third-order valence-corrected chi connectivity index (χ3v) is 3.26. The molecule has 1 atom stereocenters. The van der Waals surface area contributed by atoms with Crippen molar-refractivity contribution >= 4 is 11.6 Å². The summed E-state index contributed by atoms with van der Waals surface area (Å²) in [5, 5.41) is 9.59. The molecule has 1 N–H and O–H groups in total. The third-order valence-electron chi connectivity index (χ3n) is 2.84. The normalized spacial score (nSPS) is 12.2. The van der Waals surface area contributed by atoms with Crippen LogP contribution < -0.4 is 4.74 Å². The van der Waals surface area contributed by atoms with E-state index in [2.05, 4.69) is 0 Å². The number of rotatable bonds is 4. The second kappa shape index (κ2) is 6.20. The molecule has 5 heteroatoms. The lowest BCUT2D eigenvalue weighted by Crippen LogP contribution is -2.02. The van der Waals surface area contributed by atoms with E-state index in [1.807, 2.05) is 0 Å². The lowest BCUT2D eigenvalue weighted by Gasteiger charge is -2.14. The van der Waals surface area contributed by atoms with Crippen LogP contribution in [0.15, 0.2) is 36.4 Å². The largest absolute Gasteiger partial charge is 0.488 e. The van der Waals surface area contributed by atoms with Crippen molar-refractivity contribution < 1.29 is 18.6 Å². The first kappa shape index (κ1) is 14.8. The Bertz CT molecular complexity index is 615. The topological polar surface area (TPSA) is 29.5 Å². The van der Waals surface area contributed by atoms with Gasteiger partial charge in [0.25, 0.3) is 0 Å². The Morgan fingerprint density at radius 3 is 2.70 bits per heavy atom. The summed E-state index contributed by atoms with van der Waals surface area (Å²) in [4.78, 5) is 0. The molecular weight excluding hydrogens is 286 g/mol. The number of aliphatic hydroxyl groups excluding tert-OH is 1. The summed E-state index contributed by atoms with van der Waals surface area (Å²) in [5.74, 6) is -0.651. The first-order chi connectivity index (χ1) is 9.49. The van der Waals surface area contributed by atoms with E-state index in [0.717, 1.165) is 0 Å². The molecule has 0 spiro atoms. The van der Waals surface area contributed by atoms with Crippen LogP contribution in [0.4, 0.5) is 8.78 Å². The summed E-state index contributed by atoms with van der Waals surface area (Å²) in [6, 6.07) is 8.27. The van der Waals surface area contributed by atoms with E-state index in [1.165, 1.54) is 37.3 Å². The van der Waals surface area contributed by atoms with E-state index < -0.39 is 17.7 Å². The first-order valence-corrected chi connectivity index (χ1v) is 6.40. The number of ether oxygens (including phenoxy) is 1. The number of benzene rings is 2. The third kappa shape index (κ3) is 3.26. The van der Waals surface area contributed by atoms with E-state index in [-0.39, 0.29) is 11.6 Å². The second-order valence-electron chi connectivity index (χ2n) is 4.36. The van der Waals surface area contributed by atoms with Gasteiger partial charge in [0.15, 0.2) is 0 Å². The lowest BCUT2D eigenvalue weighted by atomic mass is 10.1. The van der Waals surface area contributed by atoms with Crippen LogP contribution >= 0.6 is 11.6 Å². The minimum Gasteiger partial charge on any atom is -0.488 e. The Morgan fingerprint density at radius 2 is 2.00 bits per heavy atom. The van der Waals surface area contributed by atoms with Gasteiger partial charge in [-0.05, 0) is 31.2 Å². The zero-order chi connectivity index (χ0) is 14.7. The highest BCUT2D eigenvalue weighted by atomic mass is 35.5. The van der Waals surface area contributed by atoms with Crippen molar-refractivity contribution in [2.75, 3.05) is 0 Å². The van der Waals surface area contributed by atoms with Crippen LogP contribution in [0.5, 0.6) is 5.75 Å². The molecular formula is C15H13ClF2O2. The Kier molecular flexibility index (Phi) is 4.57. The number of hydrogen-bond donors (Lipinski definition) is 1. The molecule has 0 aliphatic heterocycles. The smallest absolute Gasteiger partial charge is 0.142 e. The number of halogens is 3. The molecule has 0 saturated heterocycles. The van der Waals surface area contributed by atoms with Crippen molar-refractivity contribution in [1.29, 1.82) is 0 Å². The maximum atomic E-state index is 13.3. The molecule has 1 unspecified atom stereocenters. The molecule has 0 aliphatic rings. The molecule has 2 rings (SSSR count). The van der Waals surface area contributed by atoms with Crippen LogP contribution in [-0.2, 0) is 6.61 Å². The molecule has 0 aromatic heterocycles. The quantitative estimate of drug-likeness (QED) is 0.914. The van der Waals surface area contributed by atoms with Crippen LogP contribution in [0.2, 0.25) is 5.02 Å². The van der Waals surface area contributed by atoms with Crippen molar-refractivity contribution in [3.05, 3.63) is 64.2 Å². The molecule has 106 valence electrons. The molecule has 2 nitrogen and oxygen atoms in total. The van der Waals surface area contributed by atoms with E-state index in [9.17, 15) is 13.9 Å². The summed E-state index contributed by atoms with van der Waals surface area (Å²) < 4.78 is 31.9. The Morgan fingerprint density at radius 1 is 1.25 bits per heavy atom. The maximum absolute atomic E-state index is 13.3. The average Bonchev–Trinajstić information content (AvgIpc) is 2.41. The molecule has 2 aromatic rings. The van der Waals surface area contributed by atoms with Gasteiger partial charge in [-0.25, -0.2) is 8.78 Å². The van der Waals surface area contributed by atoms with Gasteiger partial charge in [-0.2, -0.15) is 0 Å². The van der Waals surface area contributed by atoms with Gasteiger partial charge < -0.3 is 9.84 Å². The number of aliphatic hydroxyl groups is 1. The van der Waals surface area contributed by atoms with Gasteiger partial charge in [0, 0.05) is 11.1 Å². The maximum Gasteiger partial charge on any atom is 0.142 e. The van der Waals surface area contributed by atoms with Crippen molar-refractivity contribution in [2.24, 2.45) is 0 Å². The minimum absolute atomic E-state index is 0.00629. The summed E-state index contributed by atoms with van der Waals surface area (Å²) in [7, 11) is 0. The Balaban J connectivity index is 2.21. The van der Waals surface area contributed by atoms with Crippen molar-refractivity contribution in [3.63, 3.8) is 0 Å². The lowest BCUT2D eigenvalue weighted by molar-refractivity contribution is 0.189. The van der Waals surface area contributed by atoms with E-state index in [0.29, 0.717) is 16.9 Å². The van der Waals surface area contributed by atoms with E-state index in [1.54, 1.807) is 6.07 Å². The average molecular weight is 299 g/mol. The van der Waals surface area contributed by atoms with Gasteiger partial charge in [0.05, 0.1) is 11.1 Å². The minimum atomic E-state index is -0.872. The standard InChI is InChI=1S/C15H13ClF2O2/c1-9(19)12-7-11(17)5-6-14(12)20-8-10-3-2-4-13(18)15(10)16/h2-7,9,19H,8H2,1H3. The SMILES string of the molecule is CC(O)c1cc(F)ccc1OCc1cccc(F)c1Cl. The molecule has 0 bridgehead atoms. The highest BCUT2D eigenvalue weighted by Crippen LogP contribution is 2.28. The van der Waals surface area contributed by atoms with Crippen LogP contribution in [0.3, 0.4) is 0 Å². The van der Waals surface area contributed by atoms with Gasteiger partial charge in [-0.15, -0.1) is 0 Å². The monoisotopic (exact) mass is 298 g/mol. The zero-order valence-electron chi connectivity index (χ0n) is 10.7. The first-order valence-electron chi connectivity index (χ1n) is 6.02. The Hall–Kier alpha value is -1.65. The van der Waals surface area contributed by atoms with Crippen LogP contribution in [-0.4, -0.2) is 5.11 Å². The summed E-state index contributed by atoms with van der Waals surface area (Å²) >= 11 is 5.82. The predicted octanol–water partition coefficient (Wildman–Crippen LogP) is 4.25. The van der Waals surface area contributed by atoms with Crippen LogP contribution in [0, 0.1) is 11.6 Å². The van der Waals surface area contributed by atoms with Gasteiger partial charge in [-0.3, -0.25) is 0 Å². The zero-order valence-corrected chi connectivity index (χ0v) is 11.5. The molecule has 0 heterocycles. The van der Waals surface area contributed by atoms with Crippen LogP contribution in [0.1, 0.15) is 24.2 Å². The van der Waals surface area contributed by atoms with E-state index in [4.69, 9.17) is 16.3 Å². The van der Waals surface area contributed by atoms with Gasteiger partial charge in [0.1, 0.15) is 24.0 Å². The van der Waals surface area contributed by atoms with Crippen LogP contribution in [0.25, 0.3) is 0 Å². The highest BCUT2D eigenvalue weighted by molar-refractivity contribution is 6.31. The molecule has 0 aliphatic carbocycles. The fourth-order valence-corrected chi connectivity index (χ4v) is 1.97. The van der Waals surface area contributed by atoms with E-state index >= 15 is 0 Å². The predicted molar refractivity (Wildman–Crippen MR) is 72.8 cm³/mol. The fraction of sp³-hybridized carbons (Fsp3) is 0.200. The summed E-state index contributed by atoms with van der Waals surface area (Å²) in [6.45, 7) is 1.54. The second-order valence-corrected chi connectivity index (χ2v) is 4.74. The fourth-order valence-electron chi connectivity index (χ4n) is 1.79. The van der Waals surface area contributed by atoms with Crippen molar-refractivity contribution in [1.82, 2.24) is 0 Å².